The molecule has 10 heteroatoms. The molecule has 0 aromatic heterocycles. The summed E-state index contributed by atoms with van der Waals surface area (Å²) in [4.78, 5) is 13.9. The van der Waals surface area contributed by atoms with E-state index in [2.05, 4.69) is 0 Å². The van der Waals surface area contributed by atoms with Gasteiger partial charge in [0.1, 0.15) is 11.4 Å². The van der Waals surface area contributed by atoms with Gasteiger partial charge in [0.05, 0.1) is 11.1 Å². The molecule has 0 fully saturated rings. The smallest absolute Gasteiger partial charge is 0.416 e. The molecule has 0 bridgehead atoms. The van der Waals surface area contributed by atoms with Crippen molar-refractivity contribution < 1.29 is 40.6 Å². The van der Waals surface area contributed by atoms with Crippen molar-refractivity contribution in [2.45, 2.75) is 67.3 Å². The fourth-order valence-electron chi connectivity index (χ4n) is 3.83. The molecule has 0 aliphatic carbocycles. The molecule has 0 radical (unpaired) electrons. The monoisotopic (exact) mass is 558 g/mol. The van der Waals surface area contributed by atoms with E-state index in [1.807, 2.05) is 0 Å². The minimum Gasteiger partial charge on any atom is -0.481 e. The number of carbonyl (C=O) groups excluding carboxylic acids is 1. The molecule has 0 spiro atoms. The maximum atomic E-state index is 13.1. The molecule has 0 aliphatic heterocycles. The lowest BCUT2D eigenvalue weighted by Crippen LogP contribution is -2.27. The second-order valence-electron chi connectivity index (χ2n) is 9.71. The Morgan fingerprint density at radius 2 is 1.11 bits per heavy atom. The van der Waals surface area contributed by atoms with Gasteiger partial charge in [-0.3, -0.25) is 0 Å². The van der Waals surface area contributed by atoms with Crippen LogP contribution in [-0.4, -0.2) is 18.2 Å². The van der Waals surface area contributed by atoms with Gasteiger partial charge < -0.3 is 9.47 Å². The number of rotatable bonds is 6. The molecule has 3 aromatic carbocycles. The highest BCUT2D eigenvalue weighted by Crippen LogP contribution is 2.53. The van der Waals surface area contributed by atoms with E-state index in [0.717, 1.165) is 24.3 Å². The van der Waals surface area contributed by atoms with Gasteiger partial charge in [-0.1, -0.05) is 0 Å². The molecular weight excluding hydrogens is 530 g/mol. The molecule has 206 valence electrons. The van der Waals surface area contributed by atoms with E-state index in [4.69, 9.17) is 9.47 Å². The summed E-state index contributed by atoms with van der Waals surface area (Å²) in [6.07, 6.45) is -9.04. The highest BCUT2D eigenvalue weighted by Gasteiger charge is 2.32. The fraction of sp³-hybridized carbons (Fsp3) is 0.321. The maximum Gasteiger partial charge on any atom is 0.416 e. The number of carbonyl (C=O) groups is 1. The molecule has 0 unspecified atom stereocenters. The van der Waals surface area contributed by atoms with Crippen LogP contribution in [0.2, 0.25) is 0 Å². The van der Waals surface area contributed by atoms with Crippen LogP contribution in [0.4, 0.5) is 26.3 Å². The second kappa shape index (κ2) is 10.9. The number of halogens is 6. The number of thiol groups is 1. The largest absolute Gasteiger partial charge is 0.481 e. The average molecular weight is 559 g/mol. The molecular formula is C28H28F6O3S. The number of esters is 1. The van der Waals surface area contributed by atoms with E-state index in [9.17, 15) is 31.1 Å². The molecule has 0 saturated carbocycles. The molecule has 0 amide bonds. The lowest BCUT2D eigenvalue weighted by Gasteiger charge is -2.26. The zero-order valence-corrected chi connectivity index (χ0v) is 22.3. The van der Waals surface area contributed by atoms with Gasteiger partial charge in [0.25, 0.3) is 0 Å². The highest BCUT2D eigenvalue weighted by atomic mass is 32.2. The molecule has 0 saturated heterocycles. The summed E-state index contributed by atoms with van der Waals surface area (Å²) < 4.78 is 89.8. The van der Waals surface area contributed by atoms with Crippen molar-refractivity contribution in [1.82, 2.24) is 0 Å². The van der Waals surface area contributed by atoms with Crippen LogP contribution < -0.4 is 4.74 Å². The van der Waals surface area contributed by atoms with E-state index in [1.165, 1.54) is 24.3 Å². The van der Waals surface area contributed by atoms with Crippen molar-refractivity contribution in [3.63, 3.8) is 0 Å². The predicted octanol–water partition coefficient (Wildman–Crippen LogP) is 8.54. The van der Waals surface area contributed by atoms with Crippen molar-refractivity contribution >= 4 is 16.9 Å². The Kier molecular flexibility index (Phi) is 8.45. The molecule has 3 rings (SSSR count). The Balaban J connectivity index is 2.02. The summed E-state index contributed by atoms with van der Waals surface area (Å²) >= 11 is 0. The standard InChI is InChI=1S/C28H28F6O3S/c1-17-14-23(15-18(2)25(17)36-16-24(35)37-26(3,4)5)38(21-10-6-19(7-11-21)27(29,30)31)22-12-8-20(9-13-22)28(32,33)34/h6-15,38H,16H2,1-5H3. The van der Waals surface area contributed by atoms with Gasteiger partial charge in [-0.25, -0.2) is 4.79 Å². The SMILES string of the molecule is Cc1cc([SH](c2ccc(C(F)(F)F)cc2)c2ccc(C(F)(F)F)cc2)cc(C)c1OCC(=O)OC(C)(C)C. The van der Waals surface area contributed by atoms with E-state index in [-0.39, 0.29) is 6.61 Å². The Hall–Kier alpha value is -3.14. The lowest BCUT2D eigenvalue weighted by molar-refractivity contribution is -0.157. The first kappa shape index (κ1) is 29.4. The summed E-state index contributed by atoms with van der Waals surface area (Å²) in [6, 6.07) is 12.8. The fourth-order valence-corrected chi connectivity index (χ4v) is 6.27. The normalized spacial score (nSPS) is 12.8. The lowest BCUT2D eigenvalue weighted by atomic mass is 10.1. The summed E-state index contributed by atoms with van der Waals surface area (Å²) in [5.74, 6) is -0.0912. The van der Waals surface area contributed by atoms with Crippen LogP contribution in [0.5, 0.6) is 5.75 Å². The number of benzene rings is 3. The van der Waals surface area contributed by atoms with E-state index >= 15 is 0 Å². The van der Waals surface area contributed by atoms with Gasteiger partial charge in [-0.15, -0.1) is 0 Å². The summed E-state index contributed by atoms with van der Waals surface area (Å²) in [5, 5.41) is 0. The van der Waals surface area contributed by atoms with Gasteiger partial charge in [-0.05, 0) is 121 Å². The van der Waals surface area contributed by atoms with Gasteiger partial charge >= 0.3 is 18.3 Å². The van der Waals surface area contributed by atoms with E-state index in [0.29, 0.717) is 31.6 Å². The van der Waals surface area contributed by atoms with Crippen LogP contribution in [-0.2, 0) is 21.9 Å². The molecule has 0 heterocycles. The van der Waals surface area contributed by atoms with Gasteiger partial charge in [0.15, 0.2) is 6.61 Å². The van der Waals surface area contributed by atoms with E-state index in [1.54, 1.807) is 46.8 Å². The molecule has 3 aromatic rings. The molecule has 0 aliphatic rings. The van der Waals surface area contributed by atoms with Crippen molar-refractivity contribution in [1.29, 1.82) is 0 Å². The van der Waals surface area contributed by atoms with E-state index < -0.39 is 45.9 Å². The van der Waals surface area contributed by atoms with Crippen LogP contribution in [0.3, 0.4) is 0 Å². The zero-order chi connectivity index (χ0) is 28.5. The maximum absolute atomic E-state index is 13.1. The minimum atomic E-state index is -4.52. The van der Waals surface area contributed by atoms with Crippen molar-refractivity contribution in [3.05, 3.63) is 82.9 Å². The molecule has 0 atom stereocenters. The molecule has 38 heavy (non-hydrogen) atoms. The predicted molar refractivity (Wildman–Crippen MR) is 134 cm³/mol. The van der Waals surface area contributed by atoms with Crippen molar-refractivity contribution in [3.8, 4) is 5.75 Å². The number of hydrogen-bond acceptors (Lipinski definition) is 3. The Bertz CT molecular complexity index is 1190. The average Bonchev–Trinajstić information content (AvgIpc) is 2.77. The van der Waals surface area contributed by atoms with Crippen LogP contribution in [0.1, 0.15) is 43.0 Å². The van der Waals surface area contributed by atoms with Crippen molar-refractivity contribution in [2.24, 2.45) is 0 Å². The first-order valence-electron chi connectivity index (χ1n) is 11.6. The first-order chi connectivity index (χ1) is 17.5. The number of alkyl halides is 6. The van der Waals surface area contributed by atoms with Crippen LogP contribution >= 0.6 is 10.9 Å². The molecule has 0 N–H and O–H groups in total. The van der Waals surface area contributed by atoms with Gasteiger partial charge in [-0.2, -0.15) is 37.2 Å². The Labute approximate surface area is 220 Å². The third-order valence-corrected chi connectivity index (χ3v) is 7.77. The number of aryl methyl sites for hydroxylation is 2. The number of ether oxygens (including phenoxy) is 2. The third kappa shape index (κ3) is 7.46. The second-order valence-corrected chi connectivity index (χ2v) is 11.9. The minimum absolute atomic E-state index is 0.315. The summed E-state index contributed by atoms with van der Waals surface area (Å²) in [5.41, 5.74) is -0.985. The van der Waals surface area contributed by atoms with Crippen LogP contribution in [0.25, 0.3) is 0 Å². The quantitative estimate of drug-likeness (QED) is 0.187. The number of hydrogen-bond donors (Lipinski definition) is 1. The summed E-state index contributed by atoms with van der Waals surface area (Å²) in [7, 11) is -1.51. The molecule has 3 nitrogen and oxygen atoms in total. The highest BCUT2D eigenvalue weighted by molar-refractivity contribution is 8.17. The van der Waals surface area contributed by atoms with Gasteiger partial charge in [0, 0.05) is 0 Å². The summed E-state index contributed by atoms with van der Waals surface area (Å²) in [6.45, 7) is 8.41. The van der Waals surface area contributed by atoms with Crippen LogP contribution in [0.15, 0.2) is 75.4 Å². The Morgan fingerprint density at radius 3 is 1.45 bits per heavy atom. The zero-order valence-electron chi connectivity index (χ0n) is 21.4. The third-order valence-electron chi connectivity index (χ3n) is 5.36. The topological polar surface area (TPSA) is 35.5 Å². The van der Waals surface area contributed by atoms with Gasteiger partial charge in [0.2, 0.25) is 0 Å². The first-order valence-corrected chi connectivity index (χ1v) is 12.9. The van der Waals surface area contributed by atoms with Crippen molar-refractivity contribution in [2.75, 3.05) is 6.61 Å². The van der Waals surface area contributed by atoms with Crippen LogP contribution in [0, 0.1) is 13.8 Å². The Morgan fingerprint density at radius 1 is 0.711 bits per heavy atom.